The van der Waals surface area contributed by atoms with E-state index >= 15 is 0 Å². The van der Waals surface area contributed by atoms with Gasteiger partial charge in [-0.15, -0.1) is 11.3 Å². The number of carbonyl (C=O) groups excluding carboxylic acids is 1. The number of rotatable bonds is 3. The number of thiophene rings is 1. The Hall–Kier alpha value is -3.12. The molecular formula is C26H27N3O2S. The van der Waals surface area contributed by atoms with E-state index in [1.54, 1.807) is 10.6 Å². The molecule has 1 aliphatic rings. The van der Waals surface area contributed by atoms with E-state index in [9.17, 15) is 9.59 Å². The molecule has 1 atom stereocenters. The van der Waals surface area contributed by atoms with Gasteiger partial charge in [-0.25, -0.2) is 0 Å². The lowest BCUT2D eigenvalue weighted by Gasteiger charge is -2.41. The number of anilines is 1. The number of aryl methyl sites for hydroxylation is 2. The molecule has 0 unspecified atom stereocenters. The summed E-state index contributed by atoms with van der Waals surface area (Å²) in [5, 5.41) is 1.68. The smallest absolute Gasteiger partial charge is 0.264 e. The molecule has 32 heavy (non-hydrogen) atoms. The average molecular weight is 446 g/mol. The molecule has 2 aromatic carbocycles. The van der Waals surface area contributed by atoms with E-state index in [4.69, 9.17) is 0 Å². The first-order valence-electron chi connectivity index (χ1n) is 11.2. The van der Waals surface area contributed by atoms with Gasteiger partial charge >= 0.3 is 0 Å². The number of amides is 1. The van der Waals surface area contributed by atoms with Crippen molar-refractivity contribution >= 4 is 43.9 Å². The SMILES string of the molecule is CCn1c(=O)c2cc(C(=O)N3CCN(c4cccc(C)c4)[C@@H](C)C3)sc2c2ccccc21. The molecule has 3 heterocycles. The molecule has 1 fully saturated rings. The van der Waals surface area contributed by atoms with Crippen molar-refractivity contribution in [2.45, 2.75) is 33.4 Å². The summed E-state index contributed by atoms with van der Waals surface area (Å²) in [6.45, 7) is 8.99. The predicted molar refractivity (Wildman–Crippen MR) is 133 cm³/mol. The normalized spacial score (nSPS) is 16.8. The van der Waals surface area contributed by atoms with Gasteiger partial charge in [-0.3, -0.25) is 9.59 Å². The molecule has 5 nitrogen and oxygen atoms in total. The zero-order chi connectivity index (χ0) is 22.4. The molecule has 1 amide bonds. The Morgan fingerprint density at radius 1 is 1.06 bits per heavy atom. The highest BCUT2D eigenvalue weighted by Gasteiger charge is 2.29. The van der Waals surface area contributed by atoms with Crippen molar-refractivity contribution in [2.75, 3.05) is 24.5 Å². The van der Waals surface area contributed by atoms with E-state index in [2.05, 4.69) is 43.0 Å². The Labute approximate surface area is 191 Å². The number of nitrogens with zero attached hydrogens (tertiary/aromatic N) is 3. The quantitative estimate of drug-likeness (QED) is 0.451. The summed E-state index contributed by atoms with van der Waals surface area (Å²) in [6.07, 6.45) is 0. The minimum absolute atomic E-state index is 0.0193. The van der Waals surface area contributed by atoms with Crippen LogP contribution in [-0.4, -0.2) is 41.1 Å². The predicted octanol–water partition coefficient (Wildman–Crippen LogP) is 4.90. The number of hydrogen-bond acceptors (Lipinski definition) is 4. The number of hydrogen-bond donors (Lipinski definition) is 0. The highest BCUT2D eigenvalue weighted by molar-refractivity contribution is 7.21. The zero-order valence-electron chi connectivity index (χ0n) is 18.7. The standard InChI is InChI=1S/C26H27N3O2S/c1-4-28-22-11-6-5-10-20(22)24-21(25(28)30)15-23(32-24)26(31)27-12-13-29(18(3)16-27)19-9-7-8-17(2)14-19/h5-11,14-15,18H,4,12-13,16H2,1-3H3/t18-/m0/s1. The van der Waals surface area contributed by atoms with Gasteiger partial charge in [0, 0.05) is 48.0 Å². The first-order chi connectivity index (χ1) is 15.5. The van der Waals surface area contributed by atoms with Crippen molar-refractivity contribution < 1.29 is 4.79 Å². The maximum absolute atomic E-state index is 13.4. The lowest BCUT2D eigenvalue weighted by atomic mass is 10.1. The Morgan fingerprint density at radius 3 is 2.62 bits per heavy atom. The molecule has 0 aliphatic carbocycles. The molecule has 4 aromatic rings. The maximum atomic E-state index is 13.4. The van der Waals surface area contributed by atoms with E-state index in [0.717, 1.165) is 22.1 Å². The second kappa shape index (κ2) is 8.10. The summed E-state index contributed by atoms with van der Waals surface area (Å²) in [5.41, 5.74) is 3.35. The third-order valence-corrected chi connectivity index (χ3v) is 7.58. The van der Waals surface area contributed by atoms with E-state index in [1.807, 2.05) is 36.1 Å². The van der Waals surface area contributed by atoms with Gasteiger partial charge in [0.2, 0.25) is 0 Å². The number of pyridine rings is 1. The Bertz CT molecular complexity index is 1390. The van der Waals surface area contributed by atoms with E-state index < -0.39 is 0 Å². The maximum Gasteiger partial charge on any atom is 0.264 e. The van der Waals surface area contributed by atoms with Crippen molar-refractivity contribution in [2.24, 2.45) is 0 Å². The van der Waals surface area contributed by atoms with Gasteiger partial charge < -0.3 is 14.4 Å². The molecule has 0 radical (unpaired) electrons. The Kier molecular flexibility index (Phi) is 5.25. The van der Waals surface area contributed by atoms with Crippen LogP contribution < -0.4 is 10.5 Å². The summed E-state index contributed by atoms with van der Waals surface area (Å²) in [7, 11) is 0. The summed E-state index contributed by atoms with van der Waals surface area (Å²) in [4.78, 5) is 31.5. The summed E-state index contributed by atoms with van der Waals surface area (Å²) in [6, 6.07) is 18.5. The molecule has 164 valence electrons. The molecule has 2 aromatic heterocycles. The fourth-order valence-electron chi connectivity index (χ4n) is 4.81. The van der Waals surface area contributed by atoms with Crippen LogP contribution in [0.1, 0.15) is 29.1 Å². The van der Waals surface area contributed by atoms with Gasteiger partial charge in [0.15, 0.2) is 0 Å². The fraction of sp³-hybridized carbons (Fsp3) is 0.308. The van der Waals surface area contributed by atoms with Crippen LogP contribution in [-0.2, 0) is 6.54 Å². The van der Waals surface area contributed by atoms with Gasteiger partial charge in [0.05, 0.1) is 15.8 Å². The van der Waals surface area contributed by atoms with Gasteiger partial charge in [0.1, 0.15) is 0 Å². The number of fused-ring (bicyclic) bond motifs is 3. The second-order valence-electron chi connectivity index (χ2n) is 8.55. The molecule has 0 N–H and O–H groups in total. The second-order valence-corrected chi connectivity index (χ2v) is 9.60. The first-order valence-corrected chi connectivity index (χ1v) is 12.0. The monoisotopic (exact) mass is 445 g/mol. The van der Waals surface area contributed by atoms with Crippen LogP contribution in [0.4, 0.5) is 5.69 Å². The lowest BCUT2D eigenvalue weighted by molar-refractivity contribution is 0.0731. The van der Waals surface area contributed by atoms with Crippen molar-refractivity contribution in [1.29, 1.82) is 0 Å². The number of para-hydroxylation sites is 1. The topological polar surface area (TPSA) is 45.6 Å². The van der Waals surface area contributed by atoms with Crippen LogP contribution in [0.3, 0.4) is 0 Å². The number of carbonyl (C=O) groups is 1. The molecule has 1 aliphatic heterocycles. The Morgan fingerprint density at radius 2 is 1.88 bits per heavy atom. The molecule has 1 saturated heterocycles. The van der Waals surface area contributed by atoms with Gasteiger partial charge in [-0.05, 0) is 50.6 Å². The number of benzene rings is 2. The third kappa shape index (κ3) is 3.39. The fourth-order valence-corrected chi connectivity index (χ4v) is 5.97. The highest BCUT2D eigenvalue weighted by Crippen LogP contribution is 2.32. The molecule has 0 spiro atoms. The van der Waals surface area contributed by atoms with Crippen LogP contribution >= 0.6 is 11.3 Å². The van der Waals surface area contributed by atoms with Crippen molar-refractivity contribution in [3.05, 3.63) is 75.4 Å². The van der Waals surface area contributed by atoms with Crippen LogP contribution in [0.25, 0.3) is 21.0 Å². The highest BCUT2D eigenvalue weighted by atomic mass is 32.1. The van der Waals surface area contributed by atoms with Crippen molar-refractivity contribution in [1.82, 2.24) is 9.47 Å². The van der Waals surface area contributed by atoms with Crippen molar-refractivity contribution in [3.8, 4) is 0 Å². The summed E-state index contributed by atoms with van der Waals surface area (Å²) >= 11 is 1.44. The van der Waals surface area contributed by atoms with E-state index in [0.29, 0.717) is 29.9 Å². The lowest BCUT2D eigenvalue weighted by Crippen LogP contribution is -2.53. The number of piperazine rings is 1. The average Bonchev–Trinajstić information content (AvgIpc) is 3.25. The zero-order valence-corrected chi connectivity index (χ0v) is 19.5. The van der Waals surface area contributed by atoms with E-state index in [-0.39, 0.29) is 17.5 Å². The molecular weight excluding hydrogens is 418 g/mol. The summed E-state index contributed by atoms with van der Waals surface area (Å²) < 4.78 is 2.70. The van der Waals surface area contributed by atoms with Gasteiger partial charge in [-0.2, -0.15) is 0 Å². The van der Waals surface area contributed by atoms with Crippen LogP contribution in [0, 0.1) is 6.92 Å². The van der Waals surface area contributed by atoms with Crippen LogP contribution in [0.2, 0.25) is 0 Å². The van der Waals surface area contributed by atoms with Crippen LogP contribution in [0.5, 0.6) is 0 Å². The number of aromatic nitrogens is 1. The molecule has 0 bridgehead atoms. The van der Waals surface area contributed by atoms with Gasteiger partial charge in [0.25, 0.3) is 11.5 Å². The largest absolute Gasteiger partial charge is 0.365 e. The summed E-state index contributed by atoms with van der Waals surface area (Å²) in [5.74, 6) is 0.0217. The first kappa shape index (κ1) is 20.8. The van der Waals surface area contributed by atoms with Crippen LogP contribution in [0.15, 0.2) is 59.4 Å². The third-order valence-electron chi connectivity index (χ3n) is 6.42. The molecule has 5 rings (SSSR count). The molecule has 0 saturated carbocycles. The van der Waals surface area contributed by atoms with Crippen molar-refractivity contribution in [3.63, 3.8) is 0 Å². The van der Waals surface area contributed by atoms with Gasteiger partial charge in [-0.1, -0.05) is 30.3 Å². The minimum Gasteiger partial charge on any atom is -0.365 e. The minimum atomic E-state index is -0.0193. The Balaban J connectivity index is 1.46. The molecule has 6 heteroatoms. The van der Waals surface area contributed by atoms with E-state index in [1.165, 1.54) is 22.6 Å².